The van der Waals surface area contributed by atoms with Gasteiger partial charge in [0, 0.05) is 12.5 Å². The van der Waals surface area contributed by atoms with Crippen molar-refractivity contribution in [3.63, 3.8) is 0 Å². The minimum Gasteiger partial charge on any atom is -0.354 e. The van der Waals surface area contributed by atoms with E-state index in [1.807, 2.05) is 25.1 Å². The lowest BCUT2D eigenvalue weighted by Gasteiger charge is -2.26. The third-order valence-corrected chi connectivity index (χ3v) is 3.71. The molecule has 3 unspecified atom stereocenters. The second kappa shape index (κ2) is 4.50. The smallest absolute Gasteiger partial charge is 0.255 e. The van der Waals surface area contributed by atoms with Crippen molar-refractivity contribution in [1.82, 2.24) is 5.32 Å². The van der Waals surface area contributed by atoms with Crippen molar-refractivity contribution >= 4 is 20.5 Å². The normalized spacial score (nSPS) is 25.3. The number of amides is 1. The number of rotatable bonds is 1. The first-order chi connectivity index (χ1) is 7.59. The van der Waals surface area contributed by atoms with Crippen molar-refractivity contribution < 1.29 is 9.18 Å². The largest absolute Gasteiger partial charge is 0.354 e. The number of carbonyl (C=O) groups is 1. The minimum atomic E-state index is -1.42. The van der Waals surface area contributed by atoms with E-state index in [4.69, 9.17) is 0 Å². The molecule has 2 nitrogen and oxygen atoms in total. The van der Waals surface area contributed by atoms with Gasteiger partial charge in [-0.1, -0.05) is 18.2 Å². The second-order valence-corrected chi connectivity index (χ2v) is 4.83. The quantitative estimate of drug-likeness (QED) is 0.738. The van der Waals surface area contributed by atoms with Gasteiger partial charge in [0.05, 0.1) is 0 Å². The Kier molecular flexibility index (Phi) is 3.25. The maximum atomic E-state index is 13.7. The summed E-state index contributed by atoms with van der Waals surface area (Å²) in [5, 5.41) is 3.60. The second-order valence-electron chi connectivity index (χ2n) is 4.20. The molecule has 1 aromatic carbocycles. The molecule has 0 aromatic heterocycles. The van der Waals surface area contributed by atoms with Gasteiger partial charge in [-0.25, -0.2) is 4.39 Å². The van der Waals surface area contributed by atoms with Gasteiger partial charge >= 0.3 is 0 Å². The van der Waals surface area contributed by atoms with E-state index < -0.39 is 12.1 Å². The summed E-state index contributed by atoms with van der Waals surface area (Å²) in [5.74, 6) is -0.782. The van der Waals surface area contributed by atoms with Crippen LogP contribution in [0.2, 0.25) is 0 Å². The van der Waals surface area contributed by atoms with Crippen LogP contribution in [0.15, 0.2) is 18.2 Å². The van der Waals surface area contributed by atoms with Crippen LogP contribution in [0.25, 0.3) is 0 Å². The molecule has 0 spiro atoms. The van der Waals surface area contributed by atoms with Crippen LogP contribution in [0.4, 0.5) is 4.39 Å². The van der Waals surface area contributed by atoms with Crippen molar-refractivity contribution in [1.29, 1.82) is 0 Å². The number of halogens is 1. The van der Waals surface area contributed by atoms with E-state index in [1.54, 1.807) is 0 Å². The molecule has 0 bridgehead atoms. The van der Waals surface area contributed by atoms with Crippen molar-refractivity contribution in [3.8, 4) is 0 Å². The van der Waals surface area contributed by atoms with Gasteiger partial charge in [-0.2, -0.15) is 0 Å². The predicted molar refractivity (Wildman–Crippen MR) is 65.8 cm³/mol. The molecule has 1 amide bonds. The molecule has 0 radical (unpaired) electrons. The fraction of sp³-hybridized carbons (Fsp3) is 0.417. The number of piperidine rings is 1. The Morgan fingerprint density at radius 3 is 2.94 bits per heavy atom. The fourth-order valence-electron chi connectivity index (χ4n) is 2.00. The Bertz CT molecular complexity index is 421. The summed E-state index contributed by atoms with van der Waals surface area (Å²) in [4.78, 5) is 11.2. The summed E-state index contributed by atoms with van der Waals surface area (Å²) in [5.41, 5.74) is 2.07. The first-order valence-electron chi connectivity index (χ1n) is 5.37. The highest BCUT2D eigenvalue weighted by molar-refractivity contribution is 7.27. The zero-order valence-corrected chi connectivity index (χ0v) is 10.3. The van der Waals surface area contributed by atoms with Gasteiger partial charge in [-0.05, 0) is 29.8 Å². The summed E-state index contributed by atoms with van der Waals surface area (Å²) >= 11 is 0. The topological polar surface area (TPSA) is 29.1 Å². The van der Waals surface area contributed by atoms with E-state index >= 15 is 0 Å². The highest BCUT2D eigenvalue weighted by Crippen LogP contribution is 2.28. The van der Waals surface area contributed by atoms with Crippen LogP contribution >= 0.6 is 9.24 Å². The highest BCUT2D eigenvalue weighted by Gasteiger charge is 2.32. The number of carbonyl (C=O) groups excluding carboxylic acids is 1. The molecular formula is C12H15FNOP. The average Bonchev–Trinajstić information content (AvgIpc) is 2.26. The number of alkyl halides is 1. The van der Waals surface area contributed by atoms with E-state index in [0.29, 0.717) is 13.0 Å². The molecule has 1 N–H and O–H groups in total. The molecule has 16 heavy (non-hydrogen) atoms. The van der Waals surface area contributed by atoms with E-state index in [1.165, 1.54) is 0 Å². The summed E-state index contributed by atoms with van der Waals surface area (Å²) in [6.07, 6.45) is -0.749. The minimum absolute atomic E-state index is 0.298. The Morgan fingerprint density at radius 2 is 2.25 bits per heavy atom. The van der Waals surface area contributed by atoms with Crippen molar-refractivity contribution in [2.24, 2.45) is 0 Å². The SMILES string of the molecule is Cc1ccc(C2CCNC(=O)C2F)cc1P. The van der Waals surface area contributed by atoms with E-state index in [9.17, 15) is 9.18 Å². The van der Waals surface area contributed by atoms with Crippen LogP contribution in [-0.4, -0.2) is 18.6 Å². The van der Waals surface area contributed by atoms with Gasteiger partial charge in [-0.15, -0.1) is 9.24 Å². The third kappa shape index (κ3) is 2.10. The monoisotopic (exact) mass is 239 g/mol. The molecule has 0 aliphatic carbocycles. The van der Waals surface area contributed by atoms with Gasteiger partial charge in [-0.3, -0.25) is 4.79 Å². The molecule has 2 rings (SSSR count). The van der Waals surface area contributed by atoms with E-state index in [0.717, 1.165) is 16.4 Å². The third-order valence-electron chi connectivity index (χ3n) is 3.09. The number of benzene rings is 1. The summed E-state index contributed by atoms with van der Waals surface area (Å²) in [6.45, 7) is 2.57. The van der Waals surface area contributed by atoms with Crippen LogP contribution in [-0.2, 0) is 4.79 Å². The van der Waals surface area contributed by atoms with Crippen molar-refractivity contribution in [3.05, 3.63) is 29.3 Å². The molecule has 1 fully saturated rings. The maximum Gasteiger partial charge on any atom is 0.255 e. The van der Waals surface area contributed by atoms with E-state index in [-0.39, 0.29) is 5.92 Å². The van der Waals surface area contributed by atoms with Gasteiger partial charge < -0.3 is 5.32 Å². The lowest BCUT2D eigenvalue weighted by molar-refractivity contribution is -0.128. The van der Waals surface area contributed by atoms with E-state index in [2.05, 4.69) is 14.6 Å². The number of nitrogens with one attached hydrogen (secondary N) is 1. The van der Waals surface area contributed by atoms with Crippen molar-refractivity contribution in [2.75, 3.05) is 6.54 Å². The van der Waals surface area contributed by atoms with Crippen molar-refractivity contribution in [2.45, 2.75) is 25.4 Å². The molecule has 1 aliphatic heterocycles. The average molecular weight is 239 g/mol. The van der Waals surface area contributed by atoms with Gasteiger partial charge in [0.15, 0.2) is 6.17 Å². The number of hydrogen-bond donors (Lipinski definition) is 1. The molecule has 86 valence electrons. The van der Waals surface area contributed by atoms with Crippen LogP contribution in [0.1, 0.15) is 23.5 Å². The molecule has 4 heteroatoms. The molecule has 1 saturated heterocycles. The van der Waals surface area contributed by atoms with Crippen LogP contribution in [0.3, 0.4) is 0 Å². The molecular weight excluding hydrogens is 224 g/mol. The summed E-state index contributed by atoms with van der Waals surface area (Å²) in [7, 11) is 2.64. The Balaban J connectivity index is 2.29. The fourth-order valence-corrected chi connectivity index (χ4v) is 2.29. The zero-order valence-electron chi connectivity index (χ0n) is 9.16. The maximum absolute atomic E-state index is 13.7. The Morgan fingerprint density at radius 1 is 1.50 bits per heavy atom. The predicted octanol–water partition coefficient (Wildman–Crippen LogP) is 1.44. The first kappa shape index (κ1) is 11.5. The highest BCUT2D eigenvalue weighted by atomic mass is 31.0. The zero-order chi connectivity index (χ0) is 11.7. The van der Waals surface area contributed by atoms with Crippen LogP contribution < -0.4 is 10.6 Å². The summed E-state index contributed by atoms with van der Waals surface area (Å²) in [6, 6.07) is 5.84. The lowest BCUT2D eigenvalue weighted by atomic mass is 9.88. The molecule has 1 heterocycles. The Hall–Kier alpha value is -0.950. The molecule has 1 aliphatic rings. The molecule has 0 saturated carbocycles. The van der Waals surface area contributed by atoms with Gasteiger partial charge in [0.25, 0.3) is 5.91 Å². The first-order valence-corrected chi connectivity index (χ1v) is 5.95. The molecule has 3 atom stereocenters. The Labute approximate surface area is 96.8 Å². The van der Waals surface area contributed by atoms with Crippen LogP contribution in [0, 0.1) is 6.92 Å². The number of aryl methyl sites for hydroxylation is 1. The summed E-state index contributed by atoms with van der Waals surface area (Å²) < 4.78 is 13.7. The van der Waals surface area contributed by atoms with Gasteiger partial charge in [0.1, 0.15) is 0 Å². The lowest BCUT2D eigenvalue weighted by Crippen LogP contribution is -2.42. The standard InChI is InChI=1S/C12H15FNOP/c1-7-2-3-8(6-10(7)16)9-4-5-14-12(15)11(9)13/h2-3,6,9,11H,4-5,16H2,1H3,(H,14,15). The van der Waals surface area contributed by atoms with Gasteiger partial charge in [0.2, 0.25) is 0 Å². The van der Waals surface area contributed by atoms with Crippen LogP contribution in [0.5, 0.6) is 0 Å². The molecule has 1 aromatic rings. The number of hydrogen-bond acceptors (Lipinski definition) is 1.